The van der Waals surface area contributed by atoms with E-state index in [0.717, 1.165) is 10.8 Å². The van der Waals surface area contributed by atoms with Crippen LogP contribution in [0.3, 0.4) is 0 Å². The molecule has 0 atom stereocenters. The molecule has 0 heterocycles. The van der Waals surface area contributed by atoms with Crippen molar-refractivity contribution in [2.24, 2.45) is 0 Å². The summed E-state index contributed by atoms with van der Waals surface area (Å²) in [5.41, 5.74) is 1.31. The van der Waals surface area contributed by atoms with Crippen molar-refractivity contribution in [3.63, 3.8) is 0 Å². The van der Waals surface area contributed by atoms with Gasteiger partial charge in [0.1, 0.15) is 12.4 Å². The highest BCUT2D eigenvalue weighted by Crippen LogP contribution is 2.18. The number of ether oxygens (including phenoxy) is 1. The highest BCUT2D eigenvalue weighted by Gasteiger charge is 1.99. The molecule has 84 valence electrons. The van der Waals surface area contributed by atoms with Crippen LogP contribution in [0.4, 0.5) is 0 Å². The maximum atomic E-state index is 8.90. The Kier molecular flexibility index (Phi) is 4.59. The summed E-state index contributed by atoms with van der Waals surface area (Å²) < 4.78 is 5.45. The molecule has 0 aliphatic heterocycles. The number of nitrogens with zero attached hydrogens (tertiary/aromatic N) is 1. The average Bonchev–Trinajstić information content (AvgIpc) is 2.18. The van der Waals surface area contributed by atoms with Crippen LogP contribution >= 0.6 is 0 Å². The zero-order chi connectivity index (χ0) is 11.3. The number of hydrogen-bond donors (Lipinski definition) is 1. The van der Waals surface area contributed by atoms with Crippen molar-refractivity contribution in [1.29, 1.82) is 0 Å². The van der Waals surface area contributed by atoms with Crippen LogP contribution in [0.25, 0.3) is 0 Å². The summed E-state index contributed by atoms with van der Waals surface area (Å²) in [6.45, 7) is 5.33. The smallest absolute Gasteiger partial charge is 0.119 e. The zero-order valence-corrected chi connectivity index (χ0v) is 9.60. The molecular formula is C12H19NO2. The molecule has 0 unspecified atom stereocenters. The van der Waals surface area contributed by atoms with Gasteiger partial charge in [0.25, 0.3) is 0 Å². The zero-order valence-electron chi connectivity index (χ0n) is 9.60. The summed E-state index contributed by atoms with van der Waals surface area (Å²) in [6.07, 6.45) is 0. The minimum absolute atomic E-state index is 0.494. The molecule has 0 amide bonds. The Hall–Kier alpha value is -1.06. The molecule has 0 spiro atoms. The minimum atomic E-state index is 0.494. The van der Waals surface area contributed by atoms with Gasteiger partial charge in [0.05, 0.1) is 6.54 Å². The van der Waals surface area contributed by atoms with E-state index >= 15 is 0 Å². The third-order valence-corrected chi connectivity index (χ3v) is 2.23. The lowest BCUT2D eigenvalue weighted by molar-refractivity contribution is -0.0713. The van der Waals surface area contributed by atoms with Gasteiger partial charge in [-0.25, -0.2) is 0 Å². The molecule has 0 saturated carbocycles. The second-order valence-electron chi connectivity index (χ2n) is 3.95. The van der Waals surface area contributed by atoms with E-state index in [1.54, 1.807) is 7.05 Å². The summed E-state index contributed by atoms with van der Waals surface area (Å²) >= 11 is 0. The normalized spacial score (nSPS) is 11.1. The van der Waals surface area contributed by atoms with E-state index < -0.39 is 0 Å². The number of benzene rings is 1. The first-order valence-corrected chi connectivity index (χ1v) is 5.22. The predicted octanol–water partition coefficient (Wildman–Crippen LogP) is 2.51. The van der Waals surface area contributed by atoms with E-state index in [-0.39, 0.29) is 0 Å². The van der Waals surface area contributed by atoms with Crippen molar-refractivity contribution >= 4 is 0 Å². The van der Waals surface area contributed by atoms with Crippen molar-refractivity contribution in [2.75, 3.05) is 20.2 Å². The SMILES string of the molecule is CC(C)c1ccc(OCCN(C)O)cc1. The van der Waals surface area contributed by atoms with Crippen molar-refractivity contribution in [2.45, 2.75) is 19.8 Å². The molecular weight excluding hydrogens is 190 g/mol. The van der Waals surface area contributed by atoms with Gasteiger partial charge in [-0.05, 0) is 23.6 Å². The van der Waals surface area contributed by atoms with E-state index in [4.69, 9.17) is 9.94 Å². The second kappa shape index (κ2) is 5.73. The van der Waals surface area contributed by atoms with E-state index in [2.05, 4.69) is 26.0 Å². The molecule has 3 heteroatoms. The molecule has 0 bridgehead atoms. The number of likely N-dealkylation sites (N-methyl/N-ethyl adjacent to an activating group) is 1. The van der Waals surface area contributed by atoms with Crippen LogP contribution in [0.15, 0.2) is 24.3 Å². The molecule has 0 aliphatic carbocycles. The van der Waals surface area contributed by atoms with Gasteiger partial charge in [-0.3, -0.25) is 0 Å². The summed E-state index contributed by atoms with van der Waals surface area (Å²) in [5, 5.41) is 10.0. The Bertz CT molecular complexity index is 280. The van der Waals surface area contributed by atoms with Crippen molar-refractivity contribution in [1.82, 2.24) is 5.06 Å². The molecule has 0 radical (unpaired) electrons. The lowest BCUT2D eigenvalue weighted by Crippen LogP contribution is -2.20. The molecule has 0 fully saturated rings. The fourth-order valence-corrected chi connectivity index (χ4v) is 1.24. The topological polar surface area (TPSA) is 32.7 Å². The first kappa shape index (κ1) is 12.0. The van der Waals surface area contributed by atoms with E-state index in [1.807, 2.05) is 12.1 Å². The molecule has 0 aliphatic rings. The van der Waals surface area contributed by atoms with Crippen LogP contribution in [0.1, 0.15) is 25.3 Å². The van der Waals surface area contributed by atoms with Gasteiger partial charge >= 0.3 is 0 Å². The summed E-state index contributed by atoms with van der Waals surface area (Å²) in [6, 6.07) is 8.07. The van der Waals surface area contributed by atoms with Gasteiger partial charge < -0.3 is 9.94 Å². The van der Waals surface area contributed by atoms with Crippen molar-refractivity contribution in [3.8, 4) is 5.75 Å². The average molecular weight is 209 g/mol. The van der Waals surface area contributed by atoms with Crippen molar-refractivity contribution < 1.29 is 9.94 Å². The Labute approximate surface area is 91.2 Å². The lowest BCUT2D eigenvalue weighted by Gasteiger charge is -2.11. The van der Waals surface area contributed by atoms with Gasteiger partial charge in [-0.1, -0.05) is 26.0 Å². The number of rotatable bonds is 5. The van der Waals surface area contributed by atoms with Crippen LogP contribution in [-0.2, 0) is 0 Å². The minimum Gasteiger partial charge on any atom is -0.492 e. The molecule has 15 heavy (non-hydrogen) atoms. The molecule has 1 N–H and O–H groups in total. The molecule has 0 aromatic heterocycles. The molecule has 1 aromatic carbocycles. The fourth-order valence-electron chi connectivity index (χ4n) is 1.24. The maximum Gasteiger partial charge on any atom is 0.119 e. The largest absolute Gasteiger partial charge is 0.492 e. The first-order valence-electron chi connectivity index (χ1n) is 5.22. The third kappa shape index (κ3) is 4.32. The van der Waals surface area contributed by atoms with Crippen LogP contribution in [0, 0.1) is 0 Å². The molecule has 0 saturated heterocycles. The quantitative estimate of drug-likeness (QED) is 0.756. The number of hydrogen-bond acceptors (Lipinski definition) is 3. The second-order valence-corrected chi connectivity index (χ2v) is 3.95. The molecule has 1 aromatic rings. The van der Waals surface area contributed by atoms with E-state index in [1.165, 1.54) is 5.56 Å². The van der Waals surface area contributed by atoms with E-state index in [9.17, 15) is 0 Å². The summed E-state index contributed by atoms with van der Waals surface area (Å²) in [4.78, 5) is 0. The number of hydroxylamine groups is 2. The highest BCUT2D eigenvalue weighted by atomic mass is 16.5. The van der Waals surface area contributed by atoms with Crippen molar-refractivity contribution in [3.05, 3.63) is 29.8 Å². The molecule has 1 rings (SSSR count). The monoisotopic (exact) mass is 209 g/mol. The fraction of sp³-hybridized carbons (Fsp3) is 0.500. The molecule has 3 nitrogen and oxygen atoms in total. The standard InChI is InChI=1S/C12H19NO2/c1-10(2)11-4-6-12(7-5-11)15-9-8-13(3)14/h4-7,10,14H,8-9H2,1-3H3. The Morgan fingerprint density at radius 2 is 1.87 bits per heavy atom. The van der Waals surface area contributed by atoms with Crippen LogP contribution in [0.5, 0.6) is 5.75 Å². The predicted molar refractivity (Wildman–Crippen MR) is 60.4 cm³/mol. The Morgan fingerprint density at radius 3 is 2.33 bits per heavy atom. The summed E-state index contributed by atoms with van der Waals surface area (Å²) in [5.74, 6) is 1.39. The van der Waals surface area contributed by atoms with Gasteiger partial charge in [0, 0.05) is 7.05 Å². The lowest BCUT2D eigenvalue weighted by atomic mass is 10.0. The first-order chi connectivity index (χ1) is 7.09. The Balaban J connectivity index is 2.43. The van der Waals surface area contributed by atoms with Gasteiger partial charge in [0.2, 0.25) is 0 Å². The maximum absolute atomic E-state index is 8.90. The highest BCUT2D eigenvalue weighted by molar-refractivity contribution is 5.28. The van der Waals surface area contributed by atoms with Gasteiger partial charge in [-0.15, -0.1) is 0 Å². The van der Waals surface area contributed by atoms with Crippen LogP contribution < -0.4 is 4.74 Å². The Morgan fingerprint density at radius 1 is 1.27 bits per heavy atom. The van der Waals surface area contributed by atoms with Crippen LogP contribution in [0.2, 0.25) is 0 Å². The van der Waals surface area contributed by atoms with Gasteiger partial charge in [-0.2, -0.15) is 5.06 Å². The van der Waals surface area contributed by atoms with Crippen LogP contribution in [-0.4, -0.2) is 30.5 Å². The summed E-state index contributed by atoms with van der Waals surface area (Å²) in [7, 11) is 1.60. The van der Waals surface area contributed by atoms with Gasteiger partial charge in [0.15, 0.2) is 0 Å². The third-order valence-electron chi connectivity index (χ3n) is 2.23. The van der Waals surface area contributed by atoms with E-state index in [0.29, 0.717) is 19.1 Å².